The molecule has 0 aliphatic carbocycles. The highest BCUT2D eigenvalue weighted by Gasteiger charge is 2.31. The quantitative estimate of drug-likeness (QED) is 0.943. The minimum absolute atomic E-state index is 0.490. The van der Waals surface area contributed by atoms with Crippen LogP contribution in [0.2, 0.25) is 0 Å². The Morgan fingerprint density at radius 1 is 1.13 bits per heavy atom. The summed E-state index contributed by atoms with van der Waals surface area (Å²) >= 11 is 0. The van der Waals surface area contributed by atoms with Crippen LogP contribution in [0.5, 0.6) is 0 Å². The number of nitrogens with one attached hydrogen (secondary N) is 1. The molecule has 0 fully saturated rings. The van der Waals surface area contributed by atoms with E-state index in [4.69, 9.17) is 0 Å². The number of benzene rings is 1. The Labute approximate surface area is 130 Å². The second-order valence-corrected chi connectivity index (χ2v) is 5.23. The number of halogens is 3. The molecule has 1 aromatic carbocycles. The largest absolute Gasteiger partial charge is 0.417 e. The van der Waals surface area contributed by atoms with Crippen molar-refractivity contribution < 1.29 is 18.0 Å². The van der Waals surface area contributed by atoms with E-state index in [0.717, 1.165) is 21.8 Å². The minimum Gasteiger partial charge on any atom is -0.325 e. The van der Waals surface area contributed by atoms with Gasteiger partial charge in [0.15, 0.2) is 0 Å². The van der Waals surface area contributed by atoms with Crippen LogP contribution in [0.25, 0.3) is 0 Å². The van der Waals surface area contributed by atoms with Gasteiger partial charge in [0.25, 0.3) is 5.56 Å². The van der Waals surface area contributed by atoms with Crippen LogP contribution in [0.4, 0.5) is 18.9 Å². The topological polar surface area (TPSA) is 51.1 Å². The Morgan fingerprint density at radius 3 is 2.43 bits per heavy atom. The van der Waals surface area contributed by atoms with Crippen LogP contribution in [0, 0.1) is 13.8 Å². The van der Waals surface area contributed by atoms with E-state index in [2.05, 4.69) is 5.32 Å². The monoisotopic (exact) mass is 324 g/mol. The Kier molecular flexibility index (Phi) is 4.58. The molecule has 122 valence electrons. The van der Waals surface area contributed by atoms with E-state index in [1.165, 1.54) is 0 Å². The number of nitrogens with zero attached hydrogens (tertiary/aromatic N) is 1. The second kappa shape index (κ2) is 6.28. The van der Waals surface area contributed by atoms with Crippen molar-refractivity contribution in [2.24, 2.45) is 0 Å². The number of hydrogen-bond donors (Lipinski definition) is 1. The van der Waals surface area contributed by atoms with Gasteiger partial charge in [-0.3, -0.25) is 9.59 Å². The molecule has 0 saturated carbocycles. The van der Waals surface area contributed by atoms with Crippen LogP contribution in [0.3, 0.4) is 0 Å². The number of rotatable bonds is 3. The van der Waals surface area contributed by atoms with E-state index in [9.17, 15) is 22.8 Å². The number of hydrogen-bond acceptors (Lipinski definition) is 2. The van der Waals surface area contributed by atoms with Gasteiger partial charge in [-0.2, -0.15) is 13.2 Å². The van der Waals surface area contributed by atoms with Gasteiger partial charge >= 0.3 is 6.18 Å². The zero-order valence-electron chi connectivity index (χ0n) is 12.6. The molecular formula is C16H15F3N2O2. The Morgan fingerprint density at radius 2 is 1.83 bits per heavy atom. The minimum atomic E-state index is -4.57. The van der Waals surface area contributed by atoms with Gasteiger partial charge in [-0.1, -0.05) is 6.07 Å². The van der Waals surface area contributed by atoms with Crippen LogP contribution >= 0.6 is 0 Å². The first-order valence-corrected chi connectivity index (χ1v) is 6.81. The average Bonchev–Trinajstić information content (AvgIpc) is 2.44. The first kappa shape index (κ1) is 16.8. The smallest absolute Gasteiger partial charge is 0.325 e. The standard InChI is InChI=1S/C16H15F3N2O2/c1-10-3-5-13(7-11(10)2)20-14(22)9-21-8-12(16(17,18)19)4-6-15(21)23/h3-8H,9H2,1-2H3,(H,20,22). The summed E-state index contributed by atoms with van der Waals surface area (Å²) in [5, 5.41) is 2.56. The van der Waals surface area contributed by atoms with Gasteiger partial charge in [0, 0.05) is 18.0 Å². The van der Waals surface area contributed by atoms with E-state index in [0.29, 0.717) is 18.0 Å². The first-order valence-electron chi connectivity index (χ1n) is 6.81. The predicted octanol–water partition coefficient (Wildman–Crippen LogP) is 3.12. The second-order valence-electron chi connectivity index (χ2n) is 5.23. The summed E-state index contributed by atoms with van der Waals surface area (Å²) in [4.78, 5) is 23.5. The van der Waals surface area contributed by atoms with Gasteiger partial charge in [-0.05, 0) is 43.2 Å². The summed E-state index contributed by atoms with van der Waals surface area (Å²) < 4.78 is 38.7. The normalized spacial score (nSPS) is 11.3. The highest BCUT2D eigenvalue weighted by atomic mass is 19.4. The van der Waals surface area contributed by atoms with Gasteiger partial charge in [0.05, 0.1) is 5.56 Å². The third kappa shape index (κ3) is 4.21. The Hall–Kier alpha value is -2.57. The van der Waals surface area contributed by atoms with Gasteiger partial charge in [0.1, 0.15) is 6.54 Å². The van der Waals surface area contributed by atoms with Crippen LogP contribution in [0.15, 0.2) is 41.3 Å². The molecule has 0 aliphatic heterocycles. The average molecular weight is 324 g/mol. The Bertz CT molecular complexity index is 795. The molecule has 0 aliphatic rings. The number of amides is 1. The fourth-order valence-electron chi connectivity index (χ4n) is 2.00. The molecule has 2 rings (SSSR count). The molecule has 0 unspecified atom stereocenters. The van der Waals surface area contributed by atoms with E-state index >= 15 is 0 Å². The number of carbonyl (C=O) groups excluding carboxylic acids is 1. The summed E-state index contributed by atoms with van der Waals surface area (Å²) in [7, 11) is 0. The van der Waals surface area contributed by atoms with Crippen molar-refractivity contribution in [3.63, 3.8) is 0 Å². The fraction of sp³-hybridized carbons (Fsp3) is 0.250. The third-order valence-electron chi connectivity index (χ3n) is 3.42. The molecule has 0 spiro atoms. The summed E-state index contributed by atoms with van der Waals surface area (Å²) in [5.74, 6) is -0.574. The molecule has 0 bridgehead atoms. The highest BCUT2D eigenvalue weighted by molar-refractivity contribution is 5.90. The van der Waals surface area contributed by atoms with Crippen LogP contribution in [0.1, 0.15) is 16.7 Å². The van der Waals surface area contributed by atoms with Crippen molar-refractivity contribution in [2.45, 2.75) is 26.6 Å². The summed E-state index contributed by atoms with van der Waals surface area (Å²) in [6.07, 6.45) is -3.93. The number of carbonyl (C=O) groups is 1. The number of pyridine rings is 1. The van der Waals surface area contributed by atoms with Crippen molar-refractivity contribution >= 4 is 11.6 Å². The molecule has 0 atom stereocenters. The molecule has 1 N–H and O–H groups in total. The number of aryl methyl sites for hydroxylation is 2. The zero-order chi connectivity index (χ0) is 17.2. The van der Waals surface area contributed by atoms with Crippen molar-refractivity contribution in [1.29, 1.82) is 0 Å². The molecule has 7 heteroatoms. The molecule has 4 nitrogen and oxygen atoms in total. The fourth-order valence-corrected chi connectivity index (χ4v) is 2.00. The number of alkyl halides is 3. The number of anilines is 1. The van der Waals surface area contributed by atoms with E-state index < -0.39 is 29.8 Å². The molecule has 0 radical (unpaired) electrons. The van der Waals surface area contributed by atoms with Crippen molar-refractivity contribution in [1.82, 2.24) is 4.57 Å². The summed E-state index contributed by atoms with van der Waals surface area (Å²) in [5.41, 5.74) is 0.901. The molecular weight excluding hydrogens is 309 g/mol. The molecule has 23 heavy (non-hydrogen) atoms. The van der Waals surface area contributed by atoms with Gasteiger partial charge in [-0.25, -0.2) is 0 Å². The molecule has 2 aromatic rings. The maximum Gasteiger partial charge on any atom is 0.417 e. The maximum atomic E-state index is 12.7. The highest BCUT2D eigenvalue weighted by Crippen LogP contribution is 2.28. The molecule has 0 saturated heterocycles. The Balaban J connectivity index is 2.17. The van der Waals surface area contributed by atoms with Crippen LogP contribution < -0.4 is 10.9 Å². The molecule has 1 aromatic heterocycles. The molecule has 1 heterocycles. The lowest BCUT2D eigenvalue weighted by molar-refractivity contribution is -0.138. The van der Waals surface area contributed by atoms with Gasteiger partial charge in [0.2, 0.25) is 5.91 Å². The predicted molar refractivity (Wildman–Crippen MR) is 80.2 cm³/mol. The SMILES string of the molecule is Cc1ccc(NC(=O)Cn2cc(C(F)(F)F)ccc2=O)cc1C. The van der Waals surface area contributed by atoms with Crippen molar-refractivity contribution in [2.75, 3.05) is 5.32 Å². The summed E-state index contributed by atoms with van der Waals surface area (Å²) in [6.45, 7) is 3.31. The van der Waals surface area contributed by atoms with Crippen molar-refractivity contribution in [3.05, 3.63) is 63.6 Å². The number of aromatic nitrogens is 1. The maximum absolute atomic E-state index is 12.7. The van der Waals surface area contributed by atoms with Crippen LogP contribution in [-0.2, 0) is 17.5 Å². The molecule has 1 amide bonds. The lowest BCUT2D eigenvalue weighted by Gasteiger charge is -2.11. The zero-order valence-corrected chi connectivity index (χ0v) is 12.6. The van der Waals surface area contributed by atoms with E-state index in [1.807, 2.05) is 19.9 Å². The van der Waals surface area contributed by atoms with Crippen LogP contribution in [-0.4, -0.2) is 10.5 Å². The van der Waals surface area contributed by atoms with E-state index in [1.54, 1.807) is 12.1 Å². The van der Waals surface area contributed by atoms with E-state index in [-0.39, 0.29) is 0 Å². The third-order valence-corrected chi connectivity index (χ3v) is 3.42. The lowest BCUT2D eigenvalue weighted by atomic mass is 10.1. The van der Waals surface area contributed by atoms with Gasteiger partial charge in [-0.15, -0.1) is 0 Å². The summed E-state index contributed by atoms with van der Waals surface area (Å²) in [6, 6.07) is 6.75. The van der Waals surface area contributed by atoms with Gasteiger partial charge < -0.3 is 9.88 Å². The van der Waals surface area contributed by atoms with Crippen molar-refractivity contribution in [3.8, 4) is 0 Å². The lowest BCUT2D eigenvalue weighted by Crippen LogP contribution is -2.28. The first-order chi connectivity index (χ1) is 10.7.